The van der Waals surface area contributed by atoms with Crippen molar-refractivity contribution in [3.63, 3.8) is 0 Å². The van der Waals surface area contributed by atoms with Gasteiger partial charge < -0.3 is 5.32 Å². The van der Waals surface area contributed by atoms with E-state index in [2.05, 4.69) is 12.2 Å². The predicted molar refractivity (Wildman–Crippen MR) is 59.6 cm³/mol. The van der Waals surface area contributed by atoms with Gasteiger partial charge in [-0.2, -0.15) is 0 Å². The van der Waals surface area contributed by atoms with E-state index in [1.165, 1.54) is 19.3 Å². The zero-order valence-electron chi connectivity index (χ0n) is 9.87. The first-order valence-corrected chi connectivity index (χ1v) is 6.40. The van der Waals surface area contributed by atoms with Gasteiger partial charge in [0.05, 0.1) is 13.0 Å². The summed E-state index contributed by atoms with van der Waals surface area (Å²) in [6.07, 6.45) is 5.39. The highest BCUT2D eigenvalue weighted by atomic mass is 16.7. The van der Waals surface area contributed by atoms with E-state index >= 15 is 0 Å². The fourth-order valence-electron chi connectivity index (χ4n) is 2.89. The van der Waals surface area contributed by atoms with Crippen LogP contribution in [0.1, 0.15) is 39.0 Å². The molecule has 4 nitrogen and oxygen atoms in total. The molecule has 3 aliphatic rings. The van der Waals surface area contributed by atoms with Crippen LogP contribution in [0.2, 0.25) is 0 Å². The summed E-state index contributed by atoms with van der Waals surface area (Å²) in [6, 6.07) is 0.436. The van der Waals surface area contributed by atoms with Crippen LogP contribution in [0.15, 0.2) is 0 Å². The molecule has 3 fully saturated rings. The summed E-state index contributed by atoms with van der Waals surface area (Å²) in [6.45, 7) is 3.89. The van der Waals surface area contributed by atoms with Crippen LogP contribution in [-0.2, 0) is 9.63 Å². The molecule has 4 heteroatoms. The number of carbonyl (C=O) groups is 1. The maximum atomic E-state index is 11.9. The molecule has 90 valence electrons. The van der Waals surface area contributed by atoms with Crippen LogP contribution in [0.5, 0.6) is 0 Å². The number of amides is 1. The highest BCUT2D eigenvalue weighted by Gasteiger charge is 2.51. The topological polar surface area (TPSA) is 41.6 Å². The first-order chi connectivity index (χ1) is 7.67. The molecule has 3 rings (SSSR count). The predicted octanol–water partition coefficient (Wildman–Crippen LogP) is 1.07. The maximum absolute atomic E-state index is 11.9. The molecule has 1 saturated carbocycles. The number of hydroxylamine groups is 2. The minimum atomic E-state index is -0.199. The second-order valence-electron chi connectivity index (χ2n) is 5.60. The molecule has 0 aromatic rings. The zero-order valence-corrected chi connectivity index (χ0v) is 9.87. The summed E-state index contributed by atoms with van der Waals surface area (Å²) >= 11 is 0. The van der Waals surface area contributed by atoms with Crippen molar-refractivity contribution in [3.8, 4) is 0 Å². The van der Waals surface area contributed by atoms with Crippen LogP contribution in [0.3, 0.4) is 0 Å². The largest absolute Gasteiger partial charge is 0.312 e. The summed E-state index contributed by atoms with van der Waals surface area (Å²) in [5, 5.41) is 5.01. The van der Waals surface area contributed by atoms with Gasteiger partial charge in [0.1, 0.15) is 5.60 Å². The number of hydrogen-bond donors (Lipinski definition) is 1. The van der Waals surface area contributed by atoms with Gasteiger partial charge in [0.2, 0.25) is 5.91 Å². The van der Waals surface area contributed by atoms with Crippen LogP contribution in [-0.4, -0.2) is 35.7 Å². The van der Waals surface area contributed by atoms with Gasteiger partial charge in [-0.3, -0.25) is 9.63 Å². The Kier molecular flexibility index (Phi) is 2.44. The van der Waals surface area contributed by atoms with Crippen molar-refractivity contribution in [3.05, 3.63) is 0 Å². The Bertz CT molecular complexity index is 297. The van der Waals surface area contributed by atoms with Crippen molar-refractivity contribution in [2.45, 2.75) is 50.7 Å². The number of nitrogens with one attached hydrogen (secondary N) is 1. The lowest BCUT2D eigenvalue weighted by Crippen LogP contribution is -2.38. The average molecular weight is 224 g/mol. The van der Waals surface area contributed by atoms with Crippen molar-refractivity contribution >= 4 is 5.91 Å². The molecule has 1 amide bonds. The third-order valence-electron chi connectivity index (χ3n) is 4.09. The van der Waals surface area contributed by atoms with Gasteiger partial charge >= 0.3 is 0 Å². The van der Waals surface area contributed by atoms with Gasteiger partial charge in [0.15, 0.2) is 0 Å². The summed E-state index contributed by atoms with van der Waals surface area (Å²) in [7, 11) is 0. The highest BCUT2D eigenvalue weighted by Crippen LogP contribution is 2.47. The molecule has 0 aromatic heterocycles. The molecule has 0 spiro atoms. The summed E-state index contributed by atoms with van der Waals surface area (Å²) in [5.74, 6) is 0.779. The zero-order chi connectivity index (χ0) is 11.2. The van der Waals surface area contributed by atoms with E-state index in [-0.39, 0.29) is 11.5 Å². The molecular formula is C12H20N2O2. The number of carbonyl (C=O) groups excluding carboxylic acids is 1. The molecule has 2 heterocycles. The van der Waals surface area contributed by atoms with E-state index in [1.54, 1.807) is 5.06 Å². The summed E-state index contributed by atoms with van der Waals surface area (Å²) < 4.78 is 0. The molecule has 2 aliphatic heterocycles. The van der Waals surface area contributed by atoms with E-state index in [4.69, 9.17) is 4.84 Å². The Balaban J connectivity index is 1.61. The van der Waals surface area contributed by atoms with E-state index in [0.717, 1.165) is 19.5 Å². The van der Waals surface area contributed by atoms with Gasteiger partial charge in [0.25, 0.3) is 0 Å². The molecule has 2 atom stereocenters. The number of hydrogen-bond acceptors (Lipinski definition) is 3. The van der Waals surface area contributed by atoms with E-state index in [9.17, 15) is 4.79 Å². The van der Waals surface area contributed by atoms with Crippen LogP contribution in [0.4, 0.5) is 0 Å². The Morgan fingerprint density at radius 3 is 2.94 bits per heavy atom. The summed E-state index contributed by atoms with van der Waals surface area (Å²) in [4.78, 5) is 17.8. The Hall–Kier alpha value is -0.610. The lowest BCUT2D eigenvalue weighted by atomic mass is 9.97. The second kappa shape index (κ2) is 3.70. The number of nitrogens with zero attached hydrogens (tertiary/aromatic N) is 1. The normalized spacial score (nSPS) is 39.7. The molecular weight excluding hydrogens is 204 g/mol. The molecule has 0 bridgehead atoms. The smallest absolute Gasteiger partial charge is 0.249 e. The highest BCUT2D eigenvalue weighted by molar-refractivity contribution is 5.78. The van der Waals surface area contributed by atoms with E-state index in [0.29, 0.717) is 18.4 Å². The third-order valence-corrected chi connectivity index (χ3v) is 4.09. The number of rotatable bonds is 3. The van der Waals surface area contributed by atoms with Crippen LogP contribution >= 0.6 is 0 Å². The Morgan fingerprint density at radius 2 is 2.31 bits per heavy atom. The molecule has 16 heavy (non-hydrogen) atoms. The molecule has 0 aromatic carbocycles. The van der Waals surface area contributed by atoms with Gasteiger partial charge in [-0.15, -0.1) is 0 Å². The van der Waals surface area contributed by atoms with Gasteiger partial charge in [-0.25, -0.2) is 5.06 Å². The van der Waals surface area contributed by atoms with Crippen molar-refractivity contribution in [2.24, 2.45) is 5.92 Å². The molecule has 1 aliphatic carbocycles. The van der Waals surface area contributed by atoms with E-state index in [1.807, 2.05) is 0 Å². The molecule has 1 N–H and O–H groups in total. The standard InChI is InChI=1S/C12H20N2O2/c1-12(9-4-5-9)7-11(15)14(16-12)8-10-3-2-6-13-10/h9-10,13H,2-8H2,1H3. The maximum Gasteiger partial charge on any atom is 0.249 e. The quantitative estimate of drug-likeness (QED) is 0.779. The minimum absolute atomic E-state index is 0.170. The first-order valence-electron chi connectivity index (χ1n) is 6.40. The summed E-state index contributed by atoms with van der Waals surface area (Å²) in [5.41, 5.74) is -0.199. The van der Waals surface area contributed by atoms with Crippen molar-refractivity contribution in [2.75, 3.05) is 13.1 Å². The molecule has 0 radical (unpaired) electrons. The van der Waals surface area contributed by atoms with Crippen molar-refractivity contribution in [1.82, 2.24) is 10.4 Å². The SMILES string of the molecule is CC1(C2CC2)CC(=O)N(CC2CCCN2)O1. The van der Waals surface area contributed by atoms with Gasteiger partial charge in [-0.1, -0.05) is 0 Å². The Labute approximate surface area is 96.3 Å². The monoisotopic (exact) mass is 224 g/mol. The van der Waals surface area contributed by atoms with Crippen molar-refractivity contribution < 1.29 is 9.63 Å². The van der Waals surface area contributed by atoms with Crippen LogP contribution in [0.25, 0.3) is 0 Å². The van der Waals surface area contributed by atoms with Crippen molar-refractivity contribution in [1.29, 1.82) is 0 Å². The second-order valence-corrected chi connectivity index (χ2v) is 5.60. The lowest BCUT2D eigenvalue weighted by Gasteiger charge is -2.25. The minimum Gasteiger partial charge on any atom is -0.312 e. The third kappa shape index (κ3) is 1.84. The fourth-order valence-corrected chi connectivity index (χ4v) is 2.89. The van der Waals surface area contributed by atoms with Crippen LogP contribution in [0, 0.1) is 5.92 Å². The first kappa shape index (κ1) is 10.5. The van der Waals surface area contributed by atoms with Gasteiger partial charge in [-0.05, 0) is 45.1 Å². The lowest BCUT2D eigenvalue weighted by molar-refractivity contribution is -0.202. The fraction of sp³-hybridized carbons (Fsp3) is 0.917. The van der Waals surface area contributed by atoms with E-state index < -0.39 is 0 Å². The Morgan fingerprint density at radius 1 is 1.50 bits per heavy atom. The van der Waals surface area contributed by atoms with Crippen LogP contribution < -0.4 is 5.32 Å². The molecule has 2 saturated heterocycles. The average Bonchev–Trinajstić information content (AvgIpc) is 2.91. The molecule has 2 unspecified atom stereocenters. The van der Waals surface area contributed by atoms with Gasteiger partial charge in [0, 0.05) is 6.04 Å².